The monoisotopic (exact) mass is 599 g/mol. The van der Waals surface area contributed by atoms with Crippen molar-refractivity contribution in [2.45, 2.75) is 20.8 Å². The fourth-order valence-corrected chi connectivity index (χ4v) is 4.60. The van der Waals surface area contributed by atoms with E-state index >= 15 is 0 Å². The topological polar surface area (TPSA) is 29.5 Å². The Hall–Kier alpha value is -0.380. The molecule has 6 heteroatoms. The summed E-state index contributed by atoms with van der Waals surface area (Å²) in [5, 5.41) is 0. The Balaban J connectivity index is 0.00000338. The van der Waals surface area contributed by atoms with Crippen LogP contribution in [0.25, 0.3) is 0 Å². The second-order valence-electron chi connectivity index (χ2n) is 5.84. The molecular weight excluding hydrogens is 575 g/mol. The van der Waals surface area contributed by atoms with Crippen LogP contribution in [0, 0.1) is 14.1 Å². The first-order valence-corrected chi connectivity index (χ1v) is 10.6. The Morgan fingerprint density at radius 3 is 2.04 bits per heavy atom. The van der Waals surface area contributed by atoms with Crippen molar-refractivity contribution in [1.82, 2.24) is 4.90 Å². The first-order chi connectivity index (χ1) is 12.0. The minimum absolute atomic E-state index is 0. The Bertz CT molecular complexity index is 708. The highest BCUT2D eigenvalue weighted by atomic mass is 127. The average molecular weight is 600 g/mol. The zero-order valence-electron chi connectivity index (χ0n) is 15.2. The van der Waals surface area contributed by atoms with Gasteiger partial charge in [0.15, 0.2) is 5.78 Å². The third kappa shape index (κ3) is 6.35. The van der Waals surface area contributed by atoms with Crippen molar-refractivity contribution < 1.29 is 9.53 Å². The van der Waals surface area contributed by atoms with Crippen LogP contribution in [0.1, 0.15) is 35.3 Å². The molecule has 0 fully saturated rings. The van der Waals surface area contributed by atoms with Crippen molar-refractivity contribution in [1.29, 1.82) is 0 Å². The molecular formula is C20H24ClI2NO2. The van der Waals surface area contributed by atoms with Gasteiger partial charge < -0.3 is 9.64 Å². The first-order valence-electron chi connectivity index (χ1n) is 8.41. The maximum atomic E-state index is 12.7. The van der Waals surface area contributed by atoms with Gasteiger partial charge in [-0.1, -0.05) is 43.7 Å². The third-order valence-corrected chi connectivity index (χ3v) is 5.73. The lowest BCUT2D eigenvalue weighted by atomic mass is 10.0. The SMILES string of the molecule is CCN(CC)CCOc1c(I)cc(C(=O)c2ccc(C)cc2)cc1I.Cl. The van der Waals surface area contributed by atoms with Crippen LogP contribution in [-0.2, 0) is 0 Å². The van der Waals surface area contributed by atoms with Crippen molar-refractivity contribution in [3.05, 3.63) is 60.2 Å². The molecule has 0 aliphatic rings. The fraction of sp³-hybridized carbons (Fsp3) is 0.350. The number of carbonyl (C=O) groups is 1. The first kappa shape index (κ1) is 23.7. The van der Waals surface area contributed by atoms with Crippen molar-refractivity contribution in [2.24, 2.45) is 0 Å². The van der Waals surface area contributed by atoms with E-state index in [0.717, 1.165) is 38.1 Å². The molecule has 0 heterocycles. The van der Waals surface area contributed by atoms with Gasteiger partial charge in [-0.15, -0.1) is 12.4 Å². The molecule has 2 rings (SSSR count). The third-order valence-electron chi connectivity index (χ3n) is 4.12. The highest BCUT2D eigenvalue weighted by Gasteiger charge is 2.15. The van der Waals surface area contributed by atoms with E-state index in [2.05, 4.69) is 63.9 Å². The molecule has 142 valence electrons. The van der Waals surface area contributed by atoms with Crippen molar-refractivity contribution >= 4 is 63.4 Å². The second kappa shape index (κ2) is 11.5. The summed E-state index contributed by atoms with van der Waals surface area (Å²) >= 11 is 4.50. The van der Waals surface area contributed by atoms with Crippen LogP contribution in [0.5, 0.6) is 5.75 Å². The number of hydrogen-bond acceptors (Lipinski definition) is 3. The highest BCUT2D eigenvalue weighted by molar-refractivity contribution is 14.1. The minimum atomic E-state index is 0. The second-order valence-corrected chi connectivity index (χ2v) is 8.16. The van der Waals surface area contributed by atoms with Gasteiger partial charge in [-0.25, -0.2) is 0 Å². The Morgan fingerprint density at radius 1 is 1.00 bits per heavy atom. The van der Waals surface area contributed by atoms with Gasteiger partial charge >= 0.3 is 0 Å². The van der Waals surface area contributed by atoms with E-state index in [1.54, 1.807) is 0 Å². The molecule has 2 aromatic carbocycles. The molecule has 0 aliphatic carbocycles. The smallest absolute Gasteiger partial charge is 0.193 e. The number of rotatable bonds is 8. The summed E-state index contributed by atoms with van der Waals surface area (Å²) in [6.45, 7) is 9.94. The summed E-state index contributed by atoms with van der Waals surface area (Å²) in [4.78, 5) is 15.0. The maximum absolute atomic E-state index is 12.7. The van der Waals surface area contributed by atoms with E-state index in [4.69, 9.17) is 4.74 Å². The molecule has 0 bridgehead atoms. The van der Waals surface area contributed by atoms with Gasteiger partial charge in [-0.2, -0.15) is 0 Å². The Morgan fingerprint density at radius 2 is 1.54 bits per heavy atom. The molecule has 0 saturated carbocycles. The number of hydrogen-bond donors (Lipinski definition) is 0. The largest absolute Gasteiger partial charge is 0.490 e. The van der Waals surface area contributed by atoms with Crippen LogP contribution < -0.4 is 4.74 Å². The molecule has 0 radical (unpaired) electrons. The summed E-state index contributed by atoms with van der Waals surface area (Å²) in [6.07, 6.45) is 0. The van der Waals surface area contributed by atoms with Crippen LogP contribution in [0.15, 0.2) is 36.4 Å². The number of aryl methyl sites for hydroxylation is 1. The summed E-state index contributed by atoms with van der Waals surface area (Å²) in [5.41, 5.74) is 2.57. The van der Waals surface area contributed by atoms with Crippen molar-refractivity contribution in [3.8, 4) is 5.75 Å². The molecule has 0 aromatic heterocycles. The number of likely N-dealkylation sites (N-methyl/N-ethyl adjacent to an activating group) is 1. The van der Waals surface area contributed by atoms with Crippen LogP contribution in [0.2, 0.25) is 0 Å². The van der Waals surface area contributed by atoms with Crippen LogP contribution >= 0.6 is 57.6 Å². The number of ether oxygens (including phenoxy) is 1. The summed E-state index contributed by atoms with van der Waals surface area (Å²) < 4.78 is 7.93. The fourth-order valence-electron chi connectivity index (χ4n) is 2.52. The zero-order valence-corrected chi connectivity index (χ0v) is 20.4. The zero-order chi connectivity index (χ0) is 18.4. The molecule has 0 atom stereocenters. The number of benzene rings is 2. The predicted molar refractivity (Wildman–Crippen MR) is 127 cm³/mol. The molecule has 2 aromatic rings. The van der Waals surface area contributed by atoms with Crippen LogP contribution in [0.4, 0.5) is 0 Å². The van der Waals surface area contributed by atoms with Gasteiger partial charge in [0, 0.05) is 17.7 Å². The number of nitrogens with zero attached hydrogens (tertiary/aromatic N) is 1. The molecule has 26 heavy (non-hydrogen) atoms. The maximum Gasteiger partial charge on any atom is 0.193 e. The van der Waals surface area contributed by atoms with E-state index in [9.17, 15) is 4.79 Å². The molecule has 0 unspecified atom stereocenters. The average Bonchev–Trinajstić information content (AvgIpc) is 2.60. The minimum Gasteiger partial charge on any atom is -0.490 e. The van der Waals surface area contributed by atoms with Gasteiger partial charge in [0.25, 0.3) is 0 Å². The van der Waals surface area contributed by atoms with Gasteiger partial charge in [0.05, 0.1) is 7.14 Å². The van der Waals surface area contributed by atoms with Crippen LogP contribution in [-0.4, -0.2) is 36.9 Å². The number of halogens is 3. The molecule has 0 spiro atoms. The summed E-state index contributed by atoms with van der Waals surface area (Å²) in [6, 6.07) is 11.5. The Labute approximate surface area is 189 Å². The number of ketones is 1. The van der Waals surface area contributed by atoms with Crippen LogP contribution in [0.3, 0.4) is 0 Å². The molecule has 0 saturated heterocycles. The van der Waals surface area contributed by atoms with Crippen molar-refractivity contribution in [3.63, 3.8) is 0 Å². The summed E-state index contributed by atoms with van der Waals surface area (Å²) in [5.74, 6) is 0.916. The van der Waals surface area contributed by atoms with E-state index in [1.807, 2.05) is 43.3 Å². The number of carbonyl (C=O) groups excluding carboxylic acids is 1. The van der Waals surface area contributed by atoms with E-state index < -0.39 is 0 Å². The molecule has 0 aliphatic heterocycles. The summed E-state index contributed by atoms with van der Waals surface area (Å²) in [7, 11) is 0. The molecule has 3 nitrogen and oxygen atoms in total. The van der Waals surface area contributed by atoms with Gasteiger partial charge in [-0.3, -0.25) is 4.79 Å². The van der Waals surface area contributed by atoms with Gasteiger partial charge in [0.2, 0.25) is 0 Å². The highest BCUT2D eigenvalue weighted by Crippen LogP contribution is 2.30. The normalized spacial score (nSPS) is 10.5. The Kier molecular flexibility index (Phi) is 10.4. The van der Waals surface area contributed by atoms with E-state index in [0.29, 0.717) is 17.7 Å². The molecule has 0 N–H and O–H groups in total. The van der Waals surface area contributed by atoms with Gasteiger partial charge in [-0.05, 0) is 77.3 Å². The van der Waals surface area contributed by atoms with Crippen molar-refractivity contribution in [2.75, 3.05) is 26.2 Å². The van der Waals surface area contributed by atoms with E-state index in [1.165, 1.54) is 0 Å². The van der Waals surface area contributed by atoms with Gasteiger partial charge in [0.1, 0.15) is 12.4 Å². The predicted octanol–water partition coefficient (Wildman–Crippen LogP) is 5.58. The van der Waals surface area contributed by atoms with E-state index in [-0.39, 0.29) is 18.2 Å². The standard InChI is InChI=1S/C20H23I2NO2.ClH/c1-4-23(5-2)10-11-25-20-17(21)12-16(13-18(20)22)19(24)15-8-6-14(3)7-9-15;/h6-9,12-13H,4-5,10-11H2,1-3H3;1H. The molecule has 0 amide bonds. The lowest BCUT2D eigenvalue weighted by molar-refractivity contribution is 0.103. The lowest BCUT2D eigenvalue weighted by Gasteiger charge is -2.19. The quantitative estimate of drug-likeness (QED) is 0.293. The lowest BCUT2D eigenvalue weighted by Crippen LogP contribution is -2.28.